The third-order valence-electron chi connectivity index (χ3n) is 9.59. The van der Waals surface area contributed by atoms with Crippen molar-refractivity contribution >= 4 is 77.6 Å². The maximum Gasteiger partial charge on any atom is 0.315 e. The number of pyridine rings is 2. The van der Waals surface area contributed by atoms with Crippen molar-refractivity contribution < 1.29 is 19.1 Å². The van der Waals surface area contributed by atoms with E-state index in [0.29, 0.717) is 88.3 Å². The summed E-state index contributed by atoms with van der Waals surface area (Å²) >= 11 is 0. The predicted molar refractivity (Wildman–Crippen MR) is 198 cm³/mol. The molecule has 10 aromatic rings. The Balaban J connectivity index is 1.10. The first-order valence-electron chi connectivity index (χ1n) is 16.7. The fourth-order valence-corrected chi connectivity index (χ4v) is 7.35. The van der Waals surface area contributed by atoms with Gasteiger partial charge in [0, 0.05) is 32.3 Å². The van der Waals surface area contributed by atoms with E-state index in [2.05, 4.69) is 0 Å². The van der Waals surface area contributed by atoms with Crippen molar-refractivity contribution in [1.29, 1.82) is 0 Å². The Morgan fingerprint density at radius 3 is 1.56 bits per heavy atom. The lowest BCUT2D eigenvalue weighted by atomic mass is 9.96. The van der Waals surface area contributed by atoms with Crippen LogP contribution in [-0.2, 0) is 22.4 Å². The Hall–Kier alpha value is -7.20. The minimum Gasteiger partial charge on any atom is -0.426 e. The number of hydrogen-bond acceptors (Lipinski definition) is 8. The highest BCUT2D eigenvalue weighted by atomic mass is 16.5. The molecule has 10 rings (SSSR count). The molecule has 0 fully saturated rings. The van der Waals surface area contributed by atoms with Crippen LogP contribution in [0.15, 0.2) is 131 Å². The average molecular weight is 681 g/mol. The van der Waals surface area contributed by atoms with Crippen molar-refractivity contribution in [3.05, 3.63) is 153 Å². The van der Waals surface area contributed by atoms with Crippen molar-refractivity contribution in [2.24, 2.45) is 0 Å². The first kappa shape index (κ1) is 29.7. The third kappa shape index (κ3) is 4.51. The third-order valence-corrected chi connectivity index (χ3v) is 9.59. The van der Waals surface area contributed by atoms with Crippen molar-refractivity contribution in [3.63, 3.8) is 0 Å². The number of nitrogens with zero attached hydrogens (tertiary/aromatic N) is 4. The Morgan fingerprint density at radius 1 is 0.500 bits per heavy atom. The van der Waals surface area contributed by atoms with Crippen molar-refractivity contribution in [1.82, 2.24) is 18.8 Å². The molecule has 0 saturated carbocycles. The molecule has 4 heterocycles. The zero-order valence-corrected chi connectivity index (χ0v) is 27.2. The monoisotopic (exact) mass is 680 g/mol. The summed E-state index contributed by atoms with van der Waals surface area (Å²) in [5, 5.41) is 3.61. The zero-order chi connectivity index (χ0) is 35.1. The van der Waals surface area contributed by atoms with E-state index in [-0.39, 0.29) is 24.0 Å². The van der Waals surface area contributed by atoms with Crippen LogP contribution in [0.5, 0.6) is 11.5 Å². The standard InChI is InChI=1S/C42H24N4O6/c47-35(51-25-7-3-1-4-8-25)21-23-12-18-33-32(19-23)44-40-28-14-13-27-37-30(16-15-29(38(28)37)41(49)45(33)40)42(50)46-34-20-24(11-17-31(34)43-39(27)46)22-36(48)52-26-9-5-2-6-10-26/h1-20H,21-22H2. The second-order valence-corrected chi connectivity index (χ2v) is 12.8. The highest BCUT2D eigenvalue weighted by Crippen LogP contribution is 2.37. The summed E-state index contributed by atoms with van der Waals surface area (Å²) in [7, 11) is 0. The molecule has 4 aromatic heterocycles. The molecule has 0 saturated heterocycles. The van der Waals surface area contributed by atoms with Gasteiger partial charge in [-0.1, -0.05) is 48.5 Å². The number of carbonyl (C=O) groups is 2. The van der Waals surface area contributed by atoms with Crippen molar-refractivity contribution in [2.75, 3.05) is 0 Å². The number of hydrogen-bond donors (Lipinski definition) is 0. The second kappa shape index (κ2) is 11.2. The summed E-state index contributed by atoms with van der Waals surface area (Å²) in [5.41, 5.74) is 4.10. The molecule has 0 spiro atoms. The van der Waals surface area contributed by atoms with Gasteiger partial charge in [0.1, 0.15) is 22.8 Å². The van der Waals surface area contributed by atoms with Crippen LogP contribution in [0.4, 0.5) is 0 Å². The lowest BCUT2D eigenvalue weighted by Gasteiger charge is -2.12. The topological polar surface area (TPSA) is 121 Å². The average Bonchev–Trinajstić information content (AvgIpc) is 3.73. The van der Waals surface area contributed by atoms with Gasteiger partial charge in [-0.05, 0) is 83.9 Å². The molecular weight excluding hydrogens is 656 g/mol. The van der Waals surface area contributed by atoms with E-state index in [0.717, 1.165) is 0 Å². The highest BCUT2D eigenvalue weighted by molar-refractivity contribution is 6.27. The summed E-state index contributed by atoms with van der Waals surface area (Å²) in [5.74, 6) is 0.100. The summed E-state index contributed by atoms with van der Waals surface area (Å²) in [4.78, 5) is 63.6. The largest absolute Gasteiger partial charge is 0.426 e. The van der Waals surface area contributed by atoms with E-state index in [9.17, 15) is 19.2 Å². The fraction of sp³-hybridized carbons (Fsp3) is 0.0476. The van der Waals surface area contributed by atoms with Crippen LogP contribution >= 0.6 is 0 Å². The van der Waals surface area contributed by atoms with Gasteiger partial charge in [0.15, 0.2) is 0 Å². The van der Waals surface area contributed by atoms with Gasteiger partial charge >= 0.3 is 11.9 Å². The molecule has 0 aliphatic carbocycles. The van der Waals surface area contributed by atoms with Gasteiger partial charge in [0.25, 0.3) is 11.1 Å². The van der Waals surface area contributed by atoms with Gasteiger partial charge in [-0.3, -0.25) is 28.0 Å². The summed E-state index contributed by atoms with van der Waals surface area (Å²) in [6.45, 7) is 0. The van der Waals surface area contributed by atoms with Gasteiger partial charge in [-0.15, -0.1) is 0 Å². The predicted octanol–water partition coefficient (Wildman–Crippen LogP) is 6.64. The Morgan fingerprint density at radius 2 is 0.981 bits per heavy atom. The highest BCUT2D eigenvalue weighted by Gasteiger charge is 2.23. The fourth-order valence-electron chi connectivity index (χ4n) is 7.35. The van der Waals surface area contributed by atoms with Crippen LogP contribution in [-0.4, -0.2) is 30.7 Å². The summed E-state index contributed by atoms with van der Waals surface area (Å²) in [6, 6.07) is 35.8. The second-order valence-electron chi connectivity index (χ2n) is 12.8. The first-order valence-corrected chi connectivity index (χ1v) is 16.7. The molecule has 52 heavy (non-hydrogen) atoms. The minimum absolute atomic E-state index is 0.0147. The SMILES string of the molecule is O=C(Cc1ccc2c(c1)nc1c3ccc4c5c(ccc(c(=O)n21)c35)c(=O)n1c2cc(CC(=O)Oc3ccccc3)ccc2nc41)Oc1ccccc1. The van der Waals surface area contributed by atoms with Crippen LogP contribution in [0.25, 0.3) is 65.7 Å². The Bertz CT molecular complexity index is 3190. The van der Waals surface area contributed by atoms with Crippen LogP contribution in [0.1, 0.15) is 11.1 Å². The maximum atomic E-state index is 14.3. The van der Waals surface area contributed by atoms with E-state index in [1.54, 1.807) is 106 Å². The smallest absolute Gasteiger partial charge is 0.315 e. The number of carbonyl (C=O) groups excluding carboxylic acids is 2. The molecule has 0 radical (unpaired) electrons. The number of para-hydroxylation sites is 2. The van der Waals surface area contributed by atoms with E-state index in [1.165, 1.54) is 0 Å². The molecule has 0 amide bonds. The number of rotatable bonds is 6. The molecule has 0 aliphatic rings. The van der Waals surface area contributed by atoms with E-state index in [4.69, 9.17) is 19.4 Å². The van der Waals surface area contributed by atoms with Crippen LogP contribution in [0.2, 0.25) is 0 Å². The quantitative estimate of drug-likeness (QED) is 0.109. The molecule has 0 aliphatic heterocycles. The van der Waals surface area contributed by atoms with Gasteiger partial charge in [-0.2, -0.15) is 0 Å². The first-order chi connectivity index (χ1) is 25.4. The van der Waals surface area contributed by atoms with E-state index >= 15 is 0 Å². The lowest BCUT2D eigenvalue weighted by Crippen LogP contribution is -2.16. The van der Waals surface area contributed by atoms with Gasteiger partial charge in [-0.25, -0.2) is 9.97 Å². The molecule has 10 nitrogen and oxygen atoms in total. The number of imidazole rings is 2. The van der Waals surface area contributed by atoms with Gasteiger partial charge in [0.05, 0.1) is 34.9 Å². The Kier molecular flexibility index (Phi) is 6.37. The van der Waals surface area contributed by atoms with Crippen LogP contribution in [0, 0.1) is 0 Å². The van der Waals surface area contributed by atoms with Crippen LogP contribution < -0.4 is 20.6 Å². The lowest BCUT2D eigenvalue weighted by molar-refractivity contribution is -0.134. The minimum atomic E-state index is -0.419. The molecule has 0 N–H and O–H groups in total. The summed E-state index contributed by atoms with van der Waals surface area (Å²) in [6.07, 6.45) is 0.0483. The summed E-state index contributed by atoms with van der Waals surface area (Å²) < 4.78 is 14.1. The maximum absolute atomic E-state index is 14.3. The number of benzene rings is 6. The molecule has 0 unspecified atom stereocenters. The molecule has 6 aromatic carbocycles. The van der Waals surface area contributed by atoms with Crippen molar-refractivity contribution in [2.45, 2.75) is 12.8 Å². The van der Waals surface area contributed by atoms with Gasteiger partial charge < -0.3 is 9.47 Å². The normalized spacial score (nSPS) is 11.9. The van der Waals surface area contributed by atoms with Crippen molar-refractivity contribution in [3.8, 4) is 11.5 Å². The van der Waals surface area contributed by atoms with E-state index in [1.807, 2.05) is 24.3 Å². The number of esters is 2. The molecule has 248 valence electrons. The Labute approximate surface area is 292 Å². The molecular formula is C42H24N4O6. The number of aromatic nitrogens is 4. The zero-order valence-electron chi connectivity index (χ0n) is 27.2. The molecule has 0 bridgehead atoms. The van der Waals surface area contributed by atoms with Crippen LogP contribution in [0.3, 0.4) is 0 Å². The van der Waals surface area contributed by atoms with E-state index < -0.39 is 11.9 Å². The number of ether oxygens (including phenoxy) is 2. The molecule has 10 heteroatoms. The van der Waals surface area contributed by atoms with Gasteiger partial charge in [0.2, 0.25) is 0 Å². The molecule has 0 atom stereocenters. The number of fused-ring (bicyclic) bond motifs is 8.